The van der Waals surface area contributed by atoms with E-state index in [0.717, 1.165) is 12.1 Å². The number of halogens is 4. The predicted octanol–water partition coefficient (Wildman–Crippen LogP) is 4.52. The van der Waals surface area contributed by atoms with Gasteiger partial charge in [0.25, 0.3) is 0 Å². The molecule has 1 atom stereocenters. The zero-order valence-corrected chi connectivity index (χ0v) is 17.1. The van der Waals surface area contributed by atoms with Gasteiger partial charge in [0, 0.05) is 11.3 Å². The summed E-state index contributed by atoms with van der Waals surface area (Å²) in [6.45, 7) is 4.32. The number of hydrogen-bond acceptors (Lipinski definition) is 3. The third kappa shape index (κ3) is 4.24. The third-order valence-electron chi connectivity index (χ3n) is 4.61. The van der Waals surface area contributed by atoms with E-state index in [4.69, 9.17) is 0 Å². The molecule has 1 aromatic heterocycles. The predicted molar refractivity (Wildman–Crippen MR) is 103 cm³/mol. The van der Waals surface area contributed by atoms with E-state index in [1.165, 1.54) is 31.5 Å². The highest BCUT2D eigenvalue weighted by atomic mass is 32.2. The van der Waals surface area contributed by atoms with Crippen LogP contribution in [0.3, 0.4) is 0 Å². The summed E-state index contributed by atoms with van der Waals surface area (Å²) in [4.78, 5) is -0.854. The van der Waals surface area contributed by atoms with Gasteiger partial charge in [-0.25, -0.2) is 17.5 Å². The monoisotopic (exact) mass is 441 g/mol. The van der Waals surface area contributed by atoms with Crippen LogP contribution >= 0.6 is 0 Å². The molecule has 2 aromatic carbocycles. The number of benzene rings is 2. The Balaban J connectivity index is 2.10. The van der Waals surface area contributed by atoms with Crippen LogP contribution in [0.5, 0.6) is 0 Å². The normalized spacial score (nSPS) is 13.4. The van der Waals surface area contributed by atoms with Crippen molar-refractivity contribution in [3.05, 3.63) is 76.9 Å². The molecule has 1 heterocycles. The molecule has 30 heavy (non-hydrogen) atoms. The highest BCUT2D eigenvalue weighted by Crippen LogP contribution is 2.38. The van der Waals surface area contributed by atoms with E-state index in [2.05, 4.69) is 5.10 Å². The van der Waals surface area contributed by atoms with Crippen molar-refractivity contribution in [2.24, 2.45) is 0 Å². The Morgan fingerprint density at radius 1 is 1.03 bits per heavy atom. The first-order valence-corrected chi connectivity index (χ1v) is 10.4. The molecule has 0 saturated heterocycles. The van der Waals surface area contributed by atoms with E-state index in [1.54, 1.807) is 35.1 Å². The maximum absolute atomic E-state index is 14.2. The standard InChI is InChI=1S/C20H19F4N3O2S/c1-12-9-10-17(16(21)11-12)30(28,29)26-19(20(22,23)24)18-13(2)25-27(14(18)3)15-7-5-4-6-8-15/h4-11,19,26H,1-3H3. The summed E-state index contributed by atoms with van der Waals surface area (Å²) in [7, 11) is -4.81. The van der Waals surface area contributed by atoms with Crippen molar-refractivity contribution in [3.8, 4) is 5.69 Å². The molecule has 0 spiro atoms. The van der Waals surface area contributed by atoms with Crippen LogP contribution in [0.4, 0.5) is 17.6 Å². The van der Waals surface area contributed by atoms with E-state index in [9.17, 15) is 26.0 Å². The van der Waals surface area contributed by atoms with Crippen LogP contribution in [0, 0.1) is 26.6 Å². The molecule has 0 radical (unpaired) electrons. The molecule has 0 aliphatic heterocycles. The molecule has 3 aromatic rings. The van der Waals surface area contributed by atoms with E-state index < -0.39 is 33.0 Å². The zero-order valence-electron chi connectivity index (χ0n) is 16.3. The summed E-state index contributed by atoms with van der Waals surface area (Å²) < 4.78 is 84.1. The third-order valence-corrected chi connectivity index (χ3v) is 6.07. The van der Waals surface area contributed by atoms with Gasteiger partial charge in [0.1, 0.15) is 16.8 Å². The maximum atomic E-state index is 14.2. The van der Waals surface area contributed by atoms with E-state index in [0.29, 0.717) is 11.3 Å². The van der Waals surface area contributed by atoms with Gasteiger partial charge in [-0.05, 0) is 50.6 Å². The maximum Gasteiger partial charge on any atom is 0.409 e. The lowest BCUT2D eigenvalue weighted by Crippen LogP contribution is -2.39. The van der Waals surface area contributed by atoms with Crippen LogP contribution in [0.25, 0.3) is 5.69 Å². The van der Waals surface area contributed by atoms with Crippen molar-refractivity contribution < 1.29 is 26.0 Å². The lowest BCUT2D eigenvalue weighted by molar-refractivity contribution is -0.153. The summed E-state index contributed by atoms with van der Waals surface area (Å²) in [6.07, 6.45) is -4.98. The van der Waals surface area contributed by atoms with Crippen LogP contribution in [0.1, 0.15) is 28.6 Å². The van der Waals surface area contributed by atoms with Crippen molar-refractivity contribution in [2.75, 3.05) is 0 Å². The smallest absolute Gasteiger partial charge is 0.237 e. The lowest BCUT2D eigenvalue weighted by atomic mass is 10.1. The molecule has 160 valence electrons. The Morgan fingerprint density at radius 3 is 2.23 bits per heavy atom. The molecule has 0 aliphatic carbocycles. The molecule has 0 amide bonds. The lowest BCUT2D eigenvalue weighted by Gasteiger charge is -2.22. The van der Waals surface area contributed by atoms with Gasteiger partial charge in [-0.2, -0.15) is 23.0 Å². The minimum Gasteiger partial charge on any atom is -0.237 e. The second kappa shape index (κ2) is 7.84. The van der Waals surface area contributed by atoms with Gasteiger partial charge in [0.05, 0.1) is 11.4 Å². The fraction of sp³-hybridized carbons (Fsp3) is 0.250. The van der Waals surface area contributed by atoms with E-state index >= 15 is 0 Å². The highest BCUT2D eigenvalue weighted by Gasteiger charge is 2.46. The molecular formula is C20H19F4N3O2S. The largest absolute Gasteiger partial charge is 0.409 e. The molecule has 1 unspecified atom stereocenters. The number of aromatic nitrogens is 2. The molecule has 0 saturated carbocycles. The van der Waals surface area contributed by atoms with E-state index in [1.807, 2.05) is 0 Å². The molecule has 0 fully saturated rings. The summed E-state index contributed by atoms with van der Waals surface area (Å²) in [6, 6.07) is 9.08. The fourth-order valence-corrected chi connectivity index (χ4v) is 4.48. The molecule has 5 nitrogen and oxygen atoms in total. The summed E-state index contributed by atoms with van der Waals surface area (Å²) in [5, 5.41) is 4.15. The van der Waals surface area contributed by atoms with Crippen LogP contribution in [0.2, 0.25) is 0 Å². The number of nitrogens with one attached hydrogen (secondary N) is 1. The van der Waals surface area contributed by atoms with Gasteiger partial charge in [-0.1, -0.05) is 24.3 Å². The van der Waals surface area contributed by atoms with Crippen molar-refractivity contribution in [3.63, 3.8) is 0 Å². The highest BCUT2D eigenvalue weighted by molar-refractivity contribution is 7.89. The minimum absolute atomic E-state index is 0.00533. The number of para-hydroxylation sites is 1. The van der Waals surface area contributed by atoms with Gasteiger partial charge < -0.3 is 0 Å². The Kier molecular flexibility index (Phi) is 5.74. The van der Waals surface area contributed by atoms with Crippen molar-refractivity contribution >= 4 is 10.0 Å². The zero-order chi connectivity index (χ0) is 22.3. The Hall–Kier alpha value is -2.72. The second-order valence-corrected chi connectivity index (χ2v) is 8.54. The number of alkyl halides is 3. The van der Waals surface area contributed by atoms with Gasteiger partial charge in [0.2, 0.25) is 10.0 Å². The summed E-state index contributed by atoms with van der Waals surface area (Å²) >= 11 is 0. The molecule has 0 bridgehead atoms. The average Bonchev–Trinajstić information content (AvgIpc) is 2.93. The molecule has 10 heteroatoms. The number of sulfonamides is 1. The van der Waals surface area contributed by atoms with Crippen LogP contribution in [0.15, 0.2) is 53.4 Å². The first-order chi connectivity index (χ1) is 13.9. The van der Waals surface area contributed by atoms with Crippen molar-refractivity contribution in [1.82, 2.24) is 14.5 Å². The SMILES string of the molecule is Cc1ccc(S(=O)(=O)NC(c2c(C)nn(-c3ccccc3)c2C)C(F)(F)F)c(F)c1. The van der Waals surface area contributed by atoms with Crippen molar-refractivity contribution in [2.45, 2.75) is 37.9 Å². The molecule has 1 N–H and O–H groups in total. The molecule has 0 aliphatic rings. The topological polar surface area (TPSA) is 64.0 Å². The first kappa shape index (κ1) is 22.0. The molecular weight excluding hydrogens is 422 g/mol. The first-order valence-electron chi connectivity index (χ1n) is 8.88. The summed E-state index contributed by atoms with van der Waals surface area (Å²) in [5.74, 6) is -1.13. The Bertz CT molecular complexity index is 1170. The number of nitrogens with zero attached hydrogens (tertiary/aromatic N) is 2. The van der Waals surface area contributed by atoms with Crippen LogP contribution in [-0.2, 0) is 10.0 Å². The van der Waals surface area contributed by atoms with Crippen LogP contribution in [-0.4, -0.2) is 24.4 Å². The van der Waals surface area contributed by atoms with E-state index in [-0.39, 0.29) is 17.0 Å². The van der Waals surface area contributed by atoms with Crippen LogP contribution < -0.4 is 4.72 Å². The van der Waals surface area contributed by atoms with Gasteiger partial charge >= 0.3 is 6.18 Å². The average molecular weight is 441 g/mol. The number of rotatable bonds is 5. The summed E-state index contributed by atoms with van der Waals surface area (Å²) in [5.41, 5.74) is 0.758. The fourth-order valence-electron chi connectivity index (χ4n) is 3.22. The quantitative estimate of drug-likeness (QED) is 0.593. The van der Waals surface area contributed by atoms with Gasteiger partial charge in [0.15, 0.2) is 0 Å². The Labute approximate surface area is 171 Å². The Morgan fingerprint density at radius 2 is 1.67 bits per heavy atom. The molecule has 3 rings (SSSR count). The number of aryl methyl sites for hydroxylation is 2. The van der Waals surface area contributed by atoms with Gasteiger partial charge in [-0.15, -0.1) is 0 Å². The number of hydrogen-bond donors (Lipinski definition) is 1. The van der Waals surface area contributed by atoms with Gasteiger partial charge in [-0.3, -0.25) is 0 Å². The minimum atomic E-state index is -4.98. The van der Waals surface area contributed by atoms with Crippen molar-refractivity contribution in [1.29, 1.82) is 0 Å². The second-order valence-electron chi connectivity index (χ2n) is 6.86.